The molecule has 4 heteroatoms. The van der Waals surface area contributed by atoms with E-state index in [0.29, 0.717) is 0 Å². The van der Waals surface area contributed by atoms with Crippen LogP contribution < -0.4 is 51.4 Å². The minimum absolute atomic E-state index is 0. The van der Waals surface area contributed by atoms with Gasteiger partial charge in [-0.05, 0) is 0 Å². The molecule has 6 heavy (non-hydrogen) atoms. The van der Waals surface area contributed by atoms with Crippen molar-refractivity contribution in [3.63, 3.8) is 0 Å². The molecule has 0 aromatic carbocycles. The normalized spacial score (nSPS) is 6.67. The van der Waals surface area contributed by atoms with Crippen LogP contribution in [0.2, 0.25) is 0 Å². The fraction of sp³-hybridized carbons (Fsp3) is 0. The third kappa shape index (κ3) is 2.04. The van der Waals surface area contributed by atoms with Crippen molar-refractivity contribution in [2.45, 2.75) is 0 Å². The van der Waals surface area contributed by atoms with Gasteiger partial charge in [0.1, 0.15) is 12.7 Å². The van der Waals surface area contributed by atoms with Crippen LogP contribution in [-0.4, -0.2) is 15.2 Å². The molecule has 0 atom stereocenters. The van der Waals surface area contributed by atoms with Crippen LogP contribution in [0.3, 0.4) is 0 Å². The van der Waals surface area contributed by atoms with Crippen molar-refractivity contribution in [2.75, 3.05) is 0 Å². The topological polar surface area (TPSA) is 41.6 Å². The third-order valence-electron chi connectivity index (χ3n) is 0.331. The van der Waals surface area contributed by atoms with E-state index >= 15 is 0 Å². The second-order valence-electron chi connectivity index (χ2n) is 0.652. The van der Waals surface area contributed by atoms with E-state index < -0.39 is 0 Å². The first-order valence-electron chi connectivity index (χ1n) is 1.29. The Morgan fingerprint density at radius 3 is 2.50 bits per heavy atom. The molecule has 26 valence electrons. The Morgan fingerprint density at radius 2 is 2.33 bits per heavy atom. The van der Waals surface area contributed by atoms with E-state index in [4.69, 9.17) is 0 Å². The predicted octanol–water partition coefficient (Wildman–Crippen LogP) is -3.19. The van der Waals surface area contributed by atoms with Gasteiger partial charge in [0.25, 0.3) is 0 Å². The van der Waals surface area contributed by atoms with Gasteiger partial charge in [-0.15, -0.1) is 0 Å². The van der Waals surface area contributed by atoms with E-state index in [2.05, 4.69) is 15.2 Å². The number of rotatable bonds is 0. The summed E-state index contributed by atoms with van der Waals surface area (Å²) in [6.07, 6.45) is 2.96. The van der Waals surface area contributed by atoms with Gasteiger partial charge in [0.05, 0.1) is 0 Å². The van der Waals surface area contributed by atoms with E-state index in [0.717, 1.165) is 0 Å². The molecule has 0 saturated heterocycles. The minimum Gasteiger partial charge on any atom is -0.266 e. The fourth-order valence-electron chi connectivity index (χ4n) is 0.167. The molecule has 0 fully saturated rings. The summed E-state index contributed by atoms with van der Waals surface area (Å²) in [6.45, 7) is 0. The average Bonchev–Trinajstić information content (AvgIpc) is 1.76. The first kappa shape index (κ1) is 6.78. The Balaban J connectivity index is 0.000000250. The van der Waals surface area contributed by atoms with Gasteiger partial charge in [-0.25, -0.2) is 4.98 Å². The van der Waals surface area contributed by atoms with Crippen molar-refractivity contribution >= 4 is 0 Å². The molecule has 0 aliphatic heterocycles. The zero-order chi connectivity index (χ0) is 3.54. The largest absolute Gasteiger partial charge is 1.00 e. The summed E-state index contributed by atoms with van der Waals surface area (Å²) in [5.41, 5.74) is 0. The molecule has 0 aliphatic carbocycles. The zero-order valence-electron chi connectivity index (χ0n) is 3.55. The molecular formula is C2H3KN3+. The molecular weight excluding hydrogens is 105 g/mol. The summed E-state index contributed by atoms with van der Waals surface area (Å²) in [5.74, 6) is 0. The van der Waals surface area contributed by atoms with Crippen LogP contribution in [0.1, 0.15) is 0 Å². The third-order valence-corrected chi connectivity index (χ3v) is 0.331. The summed E-state index contributed by atoms with van der Waals surface area (Å²) < 4.78 is 0. The Morgan fingerprint density at radius 1 is 1.50 bits per heavy atom. The van der Waals surface area contributed by atoms with Crippen molar-refractivity contribution < 1.29 is 51.4 Å². The SMILES string of the molecule is [K+].c1nc[nH]n1. The van der Waals surface area contributed by atoms with Gasteiger partial charge in [0.2, 0.25) is 0 Å². The summed E-state index contributed by atoms with van der Waals surface area (Å²) in [5, 5.41) is 5.99. The second kappa shape index (κ2) is 3.95. The van der Waals surface area contributed by atoms with Crippen LogP contribution in [0.4, 0.5) is 0 Å². The minimum atomic E-state index is 0. The molecule has 0 aliphatic rings. The molecule has 0 saturated carbocycles. The fourth-order valence-corrected chi connectivity index (χ4v) is 0.167. The number of hydrogen-bond donors (Lipinski definition) is 1. The number of aromatic amines is 1. The van der Waals surface area contributed by atoms with Crippen LogP contribution >= 0.6 is 0 Å². The first-order chi connectivity index (χ1) is 2.50. The van der Waals surface area contributed by atoms with Crippen LogP contribution in [0.25, 0.3) is 0 Å². The van der Waals surface area contributed by atoms with Gasteiger partial charge in [0.15, 0.2) is 0 Å². The summed E-state index contributed by atoms with van der Waals surface area (Å²) in [6, 6.07) is 0. The summed E-state index contributed by atoms with van der Waals surface area (Å²) in [4.78, 5) is 3.56. The smallest absolute Gasteiger partial charge is 0.266 e. The molecule has 1 aromatic heterocycles. The number of aromatic nitrogens is 3. The van der Waals surface area contributed by atoms with Gasteiger partial charge in [-0.3, -0.25) is 5.10 Å². The van der Waals surface area contributed by atoms with Crippen LogP contribution in [-0.2, 0) is 0 Å². The van der Waals surface area contributed by atoms with Crippen molar-refractivity contribution in [1.29, 1.82) is 0 Å². The molecule has 3 nitrogen and oxygen atoms in total. The molecule has 1 heterocycles. The summed E-state index contributed by atoms with van der Waals surface area (Å²) >= 11 is 0. The van der Waals surface area contributed by atoms with E-state index in [1.165, 1.54) is 12.7 Å². The van der Waals surface area contributed by atoms with E-state index in [1.54, 1.807) is 0 Å². The number of nitrogens with one attached hydrogen (secondary N) is 1. The van der Waals surface area contributed by atoms with Crippen LogP contribution in [0, 0.1) is 0 Å². The van der Waals surface area contributed by atoms with E-state index in [1.807, 2.05) is 0 Å². The molecule has 0 amide bonds. The Bertz CT molecular complexity index is 65.3. The molecule has 1 aromatic rings. The summed E-state index contributed by atoms with van der Waals surface area (Å²) in [7, 11) is 0. The van der Waals surface area contributed by atoms with E-state index in [-0.39, 0.29) is 51.4 Å². The molecule has 0 bridgehead atoms. The van der Waals surface area contributed by atoms with E-state index in [9.17, 15) is 0 Å². The maximum absolute atomic E-state index is 3.56. The van der Waals surface area contributed by atoms with Gasteiger partial charge in [-0.2, -0.15) is 5.10 Å². The van der Waals surface area contributed by atoms with Gasteiger partial charge in [-0.1, -0.05) is 0 Å². The van der Waals surface area contributed by atoms with Crippen molar-refractivity contribution in [2.24, 2.45) is 0 Å². The zero-order valence-corrected chi connectivity index (χ0v) is 6.67. The number of nitrogens with zero attached hydrogens (tertiary/aromatic N) is 2. The Labute approximate surface area is 78.0 Å². The predicted molar refractivity (Wildman–Crippen MR) is 16.4 cm³/mol. The molecule has 0 spiro atoms. The molecule has 0 radical (unpaired) electrons. The van der Waals surface area contributed by atoms with Gasteiger partial charge >= 0.3 is 51.4 Å². The average molecular weight is 108 g/mol. The van der Waals surface area contributed by atoms with Crippen molar-refractivity contribution in [1.82, 2.24) is 15.2 Å². The van der Waals surface area contributed by atoms with Gasteiger partial charge < -0.3 is 0 Å². The quantitative estimate of drug-likeness (QED) is 0.356. The number of H-pyrrole nitrogens is 1. The monoisotopic (exact) mass is 108 g/mol. The van der Waals surface area contributed by atoms with Crippen LogP contribution in [0.5, 0.6) is 0 Å². The van der Waals surface area contributed by atoms with Crippen LogP contribution in [0.15, 0.2) is 12.7 Å². The molecule has 1 rings (SSSR count). The molecule has 0 unspecified atom stereocenters. The number of hydrogen-bond acceptors (Lipinski definition) is 2. The second-order valence-corrected chi connectivity index (χ2v) is 0.652. The van der Waals surface area contributed by atoms with Gasteiger partial charge in [0, 0.05) is 0 Å². The van der Waals surface area contributed by atoms with Crippen molar-refractivity contribution in [3.8, 4) is 0 Å². The van der Waals surface area contributed by atoms with Crippen molar-refractivity contribution in [3.05, 3.63) is 12.7 Å². The Hall–Kier alpha value is 0.776. The standard InChI is InChI=1S/C2H3N3.K/c1-3-2-5-4-1;/h1-2H,(H,3,4,5);/q;+1. The maximum atomic E-state index is 3.56. The Kier molecular flexibility index (Phi) is 4.46. The maximum Gasteiger partial charge on any atom is 1.00 e. The molecule has 1 N–H and O–H groups in total. The first-order valence-corrected chi connectivity index (χ1v) is 1.29.